The summed E-state index contributed by atoms with van der Waals surface area (Å²) in [6, 6.07) is 20.8. The number of methoxy groups -OCH3 is 1. The number of carbonyl (C=O) groups excluding carboxylic acids is 3. The molecule has 2 aromatic heterocycles. The van der Waals surface area contributed by atoms with Crippen LogP contribution in [-0.4, -0.2) is 116 Å². The number of nitrogens with zero attached hydrogens (tertiary/aromatic N) is 4. The molecule has 12 nitrogen and oxygen atoms in total. The number of rotatable bonds is 13. The molecule has 0 radical (unpaired) electrons. The highest BCUT2D eigenvalue weighted by molar-refractivity contribution is 6.30. The van der Waals surface area contributed by atoms with Crippen molar-refractivity contribution in [2.45, 2.75) is 32.7 Å². The number of hydrogen-bond acceptors (Lipinski definition) is 9. The molecule has 14 heteroatoms. The van der Waals surface area contributed by atoms with Gasteiger partial charge in [0, 0.05) is 99.0 Å². The lowest BCUT2D eigenvalue weighted by Gasteiger charge is -2.26. The van der Waals surface area contributed by atoms with E-state index in [1.54, 1.807) is 48.1 Å². The molecule has 4 N–H and O–H groups in total. The first-order valence-corrected chi connectivity index (χ1v) is 20.0. The van der Waals surface area contributed by atoms with Gasteiger partial charge in [-0.15, -0.1) is 0 Å². The number of unbranched alkanes of at least 4 members (excludes halogenated alkanes) is 1. The van der Waals surface area contributed by atoms with Crippen LogP contribution in [0.25, 0.3) is 21.8 Å². The lowest BCUT2D eigenvalue weighted by atomic mass is 10.1. The SMILES string of the molecule is COc1ccc2c(c1)c(CC(=O)NCCCCNC(=O)CN1CCNCCN(Cc3ccc4cc(F)ccc4n3)CCNCC1)c(C)n2C(=O)c1ccc(Cl)cc1. The van der Waals surface area contributed by atoms with Crippen LogP contribution in [0.4, 0.5) is 4.39 Å². The van der Waals surface area contributed by atoms with Crippen LogP contribution in [0.2, 0.25) is 5.02 Å². The average molecular weight is 799 g/mol. The number of benzene rings is 3. The van der Waals surface area contributed by atoms with E-state index >= 15 is 0 Å². The summed E-state index contributed by atoms with van der Waals surface area (Å²) in [7, 11) is 1.59. The van der Waals surface area contributed by atoms with Gasteiger partial charge in [0.2, 0.25) is 11.8 Å². The molecule has 5 aromatic rings. The largest absolute Gasteiger partial charge is 0.497 e. The second kappa shape index (κ2) is 20.5. The minimum atomic E-state index is -0.258. The minimum absolute atomic E-state index is 0.0154. The summed E-state index contributed by atoms with van der Waals surface area (Å²) < 4.78 is 20.7. The molecule has 1 aliphatic heterocycles. The first-order chi connectivity index (χ1) is 27.7. The van der Waals surface area contributed by atoms with Crippen molar-refractivity contribution >= 4 is 51.1 Å². The van der Waals surface area contributed by atoms with Crippen LogP contribution in [0.5, 0.6) is 5.75 Å². The fourth-order valence-electron chi connectivity index (χ4n) is 7.18. The molecule has 0 spiro atoms. The van der Waals surface area contributed by atoms with Crippen LogP contribution < -0.4 is 26.0 Å². The van der Waals surface area contributed by atoms with Gasteiger partial charge in [-0.1, -0.05) is 17.7 Å². The van der Waals surface area contributed by atoms with Gasteiger partial charge in [0.05, 0.1) is 36.8 Å². The van der Waals surface area contributed by atoms with Crippen molar-refractivity contribution in [1.29, 1.82) is 0 Å². The maximum absolute atomic E-state index is 13.6. The number of ether oxygens (including phenoxy) is 1. The Bertz CT molecular complexity index is 2150. The normalized spacial score (nSPS) is 14.9. The maximum Gasteiger partial charge on any atom is 0.262 e. The van der Waals surface area contributed by atoms with Crippen molar-refractivity contribution in [1.82, 2.24) is 40.6 Å². The van der Waals surface area contributed by atoms with Crippen molar-refractivity contribution in [2.24, 2.45) is 0 Å². The van der Waals surface area contributed by atoms with Crippen molar-refractivity contribution in [2.75, 3.05) is 79.1 Å². The van der Waals surface area contributed by atoms with Crippen LogP contribution in [0.1, 0.15) is 40.2 Å². The second-order valence-electron chi connectivity index (χ2n) is 14.4. The summed E-state index contributed by atoms with van der Waals surface area (Å²) in [5.41, 5.74) is 4.41. The molecule has 0 bridgehead atoms. The smallest absolute Gasteiger partial charge is 0.262 e. The third-order valence-corrected chi connectivity index (χ3v) is 10.6. The first-order valence-electron chi connectivity index (χ1n) is 19.6. The van der Waals surface area contributed by atoms with E-state index in [-0.39, 0.29) is 30.0 Å². The van der Waals surface area contributed by atoms with E-state index in [2.05, 4.69) is 31.1 Å². The van der Waals surface area contributed by atoms with E-state index in [9.17, 15) is 18.8 Å². The third kappa shape index (κ3) is 11.6. The fraction of sp³-hybridized carbons (Fsp3) is 0.395. The molecular formula is C43H52ClFN8O4. The van der Waals surface area contributed by atoms with Gasteiger partial charge in [0.15, 0.2) is 0 Å². The zero-order valence-electron chi connectivity index (χ0n) is 32.7. The van der Waals surface area contributed by atoms with Gasteiger partial charge in [-0.3, -0.25) is 33.7 Å². The number of hydrogen-bond donors (Lipinski definition) is 4. The Labute approximate surface area is 338 Å². The molecule has 3 heterocycles. The molecule has 3 aromatic carbocycles. The van der Waals surface area contributed by atoms with E-state index in [4.69, 9.17) is 21.3 Å². The maximum atomic E-state index is 13.6. The van der Waals surface area contributed by atoms with Gasteiger partial charge in [0.1, 0.15) is 11.6 Å². The summed E-state index contributed by atoms with van der Waals surface area (Å²) in [6.07, 6.45) is 1.54. The summed E-state index contributed by atoms with van der Waals surface area (Å²) in [5, 5.41) is 15.2. The van der Waals surface area contributed by atoms with Gasteiger partial charge in [-0.2, -0.15) is 0 Å². The van der Waals surface area contributed by atoms with E-state index in [1.165, 1.54) is 12.1 Å². The molecule has 1 saturated heterocycles. The lowest BCUT2D eigenvalue weighted by molar-refractivity contribution is -0.122. The van der Waals surface area contributed by atoms with E-state index in [0.717, 1.165) is 86.3 Å². The molecule has 6 rings (SSSR count). The molecule has 0 unspecified atom stereocenters. The van der Waals surface area contributed by atoms with E-state index in [0.29, 0.717) is 60.1 Å². The van der Waals surface area contributed by atoms with Gasteiger partial charge in [-0.25, -0.2) is 4.39 Å². The number of amides is 2. The predicted molar refractivity (Wildman–Crippen MR) is 223 cm³/mol. The average Bonchev–Trinajstić information content (AvgIpc) is 3.47. The van der Waals surface area contributed by atoms with Crippen molar-refractivity contribution < 1.29 is 23.5 Å². The Hall–Kier alpha value is -4.92. The molecule has 1 aliphatic rings. The Morgan fingerprint density at radius 3 is 2.18 bits per heavy atom. The molecule has 0 saturated carbocycles. The zero-order valence-corrected chi connectivity index (χ0v) is 33.5. The van der Waals surface area contributed by atoms with Gasteiger partial charge in [-0.05, 0) is 92.1 Å². The number of pyridine rings is 1. The molecule has 57 heavy (non-hydrogen) atoms. The van der Waals surface area contributed by atoms with Crippen molar-refractivity contribution in [3.05, 3.63) is 106 Å². The van der Waals surface area contributed by atoms with Crippen molar-refractivity contribution in [3.8, 4) is 5.75 Å². The standard InChI is InChI=1S/C43H52ClFN8O4/c1-30-37(38-26-36(57-2)12-14-40(38)53(30)43(56)31-5-8-33(44)9-6-31)27-41(54)48-15-3-4-16-49-42(55)29-52-23-19-46-17-21-51(22-18-47-20-24-52)28-35-11-7-32-25-34(45)10-13-39(32)50-35/h5-14,25-26,46-47H,3-4,15-24,27-29H2,1-2H3,(H,48,54)(H,49,55). The minimum Gasteiger partial charge on any atom is -0.497 e. The predicted octanol–water partition coefficient (Wildman–Crippen LogP) is 4.54. The number of halogens is 2. The third-order valence-electron chi connectivity index (χ3n) is 10.3. The lowest BCUT2D eigenvalue weighted by Crippen LogP contribution is -2.46. The molecule has 0 atom stereocenters. The zero-order chi connectivity index (χ0) is 40.1. The number of aromatic nitrogens is 2. The quantitative estimate of drug-likeness (QED) is 0.127. The number of fused-ring (bicyclic) bond motifs is 2. The topological polar surface area (TPSA) is 133 Å². The highest BCUT2D eigenvalue weighted by Gasteiger charge is 2.22. The second-order valence-corrected chi connectivity index (χ2v) is 14.8. The van der Waals surface area contributed by atoms with Crippen LogP contribution >= 0.6 is 11.6 Å². The van der Waals surface area contributed by atoms with Gasteiger partial charge < -0.3 is 26.0 Å². The van der Waals surface area contributed by atoms with Crippen LogP contribution in [0, 0.1) is 12.7 Å². The summed E-state index contributed by atoms with van der Waals surface area (Å²) in [5.74, 6) is 0.0175. The summed E-state index contributed by atoms with van der Waals surface area (Å²) >= 11 is 6.05. The van der Waals surface area contributed by atoms with Gasteiger partial charge >= 0.3 is 0 Å². The summed E-state index contributed by atoms with van der Waals surface area (Å²) in [6.45, 7) is 10.3. The number of nitrogens with one attached hydrogen (secondary N) is 4. The Morgan fingerprint density at radius 2 is 1.49 bits per heavy atom. The van der Waals surface area contributed by atoms with Crippen LogP contribution in [0.3, 0.4) is 0 Å². The van der Waals surface area contributed by atoms with Crippen molar-refractivity contribution in [3.63, 3.8) is 0 Å². The fourth-order valence-corrected chi connectivity index (χ4v) is 7.30. The molecule has 0 aliphatic carbocycles. The molecule has 1 fully saturated rings. The Balaban J connectivity index is 0.900. The molecule has 2 amide bonds. The van der Waals surface area contributed by atoms with E-state index in [1.807, 2.05) is 31.2 Å². The molecule has 302 valence electrons. The highest BCUT2D eigenvalue weighted by Crippen LogP contribution is 2.31. The van der Waals surface area contributed by atoms with Gasteiger partial charge in [0.25, 0.3) is 5.91 Å². The molecular weight excluding hydrogens is 747 g/mol. The monoisotopic (exact) mass is 798 g/mol. The summed E-state index contributed by atoms with van der Waals surface area (Å²) in [4.78, 5) is 48.8. The Morgan fingerprint density at radius 1 is 0.825 bits per heavy atom. The first kappa shape index (κ1) is 41.7. The van der Waals surface area contributed by atoms with Crippen LogP contribution in [-0.2, 0) is 22.6 Å². The van der Waals surface area contributed by atoms with E-state index < -0.39 is 0 Å². The highest BCUT2D eigenvalue weighted by atomic mass is 35.5. The van der Waals surface area contributed by atoms with Crippen LogP contribution in [0.15, 0.2) is 72.8 Å². The Kier molecular flexibility index (Phi) is 15.0. The number of carbonyl (C=O) groups is 3.